The molecule has 0 unspecified atom stereocenters. The number of nitrogen functional groups attached to an aromatic ring is 1. The molecular weight excluding hydrogens is 130 g/mol. The van der Waals surface area contributed by atoms with Gasteiger partial charge in [0.2, 0.25) is 0 Å². The van der Waals surface area contributed by atoms with Crippen LogP contribution in [0.15, 0.2) is 22.9 Å². The van der Waals surface area contributed by atoms with E-state index < -0.39 is 0 Å². The lowest BCUT2D eigenvalue weighted by Gasteiger charge is -1.81. The first-order valence-electron chi connectivity index (χ1n) is 2.84. The second-order valence-corrected chi connectivity index (χ2v) is 1.92. The van der Waals surface area contributed by atoms with Gasteiger partial charge < -0.3 is 10.3 Å². The summed E-state index contributed by atoms with van der Waals surface area (Å²) >= 11 is 0. The van der Waals surface area contributed by atoms with E-state index in [1.807, 2.05) is 0 Å². The molecule has 0 bridgehead atoms. The minimum Gasteiger partial charge on any atom is -0.379 e. The molecule has 2 N–H and O–H groups in total. The van der Waals surface area contributed by atoms with Crippen LogP contribution in [0.4, 0.5) is 5.82 Å². The molecule has 50 valence electrons. The third kappa shape index (κ3) is 0.556. The highest BCUT2D eigenvalue weighted by Crippen LogP contribution is 2.15. The molecule has 0 saturated carbocycles. The van der Waals surface area contributed by atoms with Crippen LogP contribution < -0.4 is 5.73 Å². The Labute approximate surface area is 56.6 Å². The lowest BCUT2D eigenvalue weighted by Crippen LogP contribution is -1.84. The average Bonchev–Trinajstić information content (AvgIpc) is 2.34. The van der Waals surface area contributed by atoms with Gasteiger partial charge in [-0.15, -0.1) is 0 Å². The van der Waals surface area contributed by atoms with Gasteiger partial charge in [-0.2, -0.15) is 0 Å². The van der Waals surface area contributed by atoms with Gasteiger partial charge in [0.05, 0.1) is 0 Å². The molecule has 2 aromatic rings. The van der Waals surface area contributed by atoms with Gasteiger partial charge in [0, 0.05) is 6.20 Å². The van der Waals surface area contributed by atoms with Crippen molar-refractivity contribution in [2.24, 2.45) is 0 Å². The average molecular weight is 135 g/mol. The van der Waals surface area contributed by atoms with E-state index in [1.54, 1.807) is 18.3 Å². The first-order chi connectivity index (χ1) is 4.88. The van der Waals surface area contributed by atoms with E-state index in [0.29, 0.717) is 16.9 Å². The van der Waals surface area contributed by atoms with Crippen molar-refractivity contribution in [2.45, 2.75) is 0 Å². The summed E-state index contributed by atoms with van der Waals surface area (Å²) in [6.07, 6.45) is 1.65. The number of nitrogens with two attached hydrogens (primary N) is 1. The lowest BCUT2D eigenvalue weighted by atomic mass is 10.4. The molecule has 0 saturated heterocycles. The second kappa shape index (κ2) is 1.70. The van der Waals surface area contributed by atoms with Gasteiger partial charge in [-0.25, -0.2) is 4.98 Å². The van der Waals surface area contributed by atoms with Gasteiger partial charge in [0.25, 0.3) is 0 Å². The summed E-state index contributed by atoms with van der Waals surface area (Å²) in [6.45, 7) is 0. The molecule has 0 fully saturated rings. The number of aromatic nitrogens is 2. The molecule has 0 atom stereocenters. The number of fused-ring (bicyclic) bond motifs is 1. The van der Waals surface area contributed by atoms with Crippen molar-refractivity contribution < 1.29 is 4.52 Å². The zero-order valence-electron chi connectivity index (χ0n) is 5.11. The number of nitrogens with zero attached hydrogens (tertiary/aromatic N) is 2. The van der Waals surface area contributed by atoms with Gasteiger partial charge >= 0.3 is 0 Å². The molecule has 0 aliphatic carbocycles. The second-order valence-electron chi connectivity index (χ2n) is 1.92. The van der Waals surface area contributed by atoms with E-state index in [-0.39, 0.29) is 0 Å². The van der Waals surface area contributed by atoms with Crippen LogP contribution in [-0.4, -0.2) is 10.1 Å². The van der Waals surface area contributed by atoms with E-state index in [0.717, 1.165) is 0 Å². The van der Waals surface area contributed by atoms with E-state index in [9.17, 15) is 0 Å². The van der Waals surface area contributed by atoms with Crippen LogP contribution in [0.25, 0.3) is 11.1 Å². The molecule has 2 rings (SSSR count). The monoisotopic (exact) mass is 135 g/mol. The standard InChI is InChI=1S/C6H5N3O/c7-6-5-4(10-9-6)2-1-3-8-5/h1-3H,(H2,7,9). The van der Waals surface area contributed by atoms with Crippen molar-refractivity contribution in [2.75, 3.05) is 5.73 Å². The van der Waals surface area contributed by atoms with Gasteiger partial charge in [-0.05, 0) is 12.1 Å². The van der Waals surface area contributed by atoms with Gasteiger partial charge in [-0.3, -0.25) is 0 Å². The summed E-state index contributed by atoms with van der Waals surface area (Å²) in [4.78, 5) is 3.96. The summed E-state index contributed by atoms with van der Waals surface area (Å²) in [5, 5.41) is 3.54. The smallest absolute Gasteiger partial charge is 0.193 e. The Morgan fingerprint density at radius 2 is 2.40 bits per heavy atom. The minimum absolute atomic E-state index is 0.343. The van der Waals surface area contributed by atoms with Crippen LogP contribution in [0.5, 0.6) is 0 Å². The van der Waals surface area contributed by atoms with Crippen molar-refractivity contribution in [3.63, 3.8) is 0 Å². The number of anilines is 1. The highest BCUT2D eigenvalue weighted by molar-refractivity contribution is 5.81. The highest BCUT2D eigenvalue weighted by Gasteiger charge is 2.02. The van der Waals surface area contributed by atoms with Crippen LogP contribution in [0, 0.1) is 0 Å². The zero-order chi connectivity index (χ0) is 6.97. The SMILES string of the molecule is Nc1noc2cccnc12. The maximum absolute atomic E-state index is 5.41. The molecule has 0 radical (unpaired) electrons. The molecule has 2 heterocycles. The predicted octanol–water partition coefficient (Wildman–Crippen LogP) is 0.805. The van der Waals surface area contributed by atoms with Gasteiger partial charge in [0.1, 0.15) is 0 Å². The van der Waals surface area contributed by atoms with Crippen molar-refractivity contribution in [3.8, 4) is 0 Å². The van der Waals surface area contributed by atoms with E-state index in [1.165, 1.54) is 0 Å². The quantitative estimate of drug-likeness (QED) is 0.580. The van der Waals surface area contributed by atoms with Crippen molar-refractivity contribution in [1.29, 1.82) is 0 Å². The molecule has 4 heteroatoms. The zero-order valence-corrected chi connectivity index (χ0v) is 5.11. The molecule has 10 heavy (non-hydrogen) atoms. The summed E-state index contributed by atoms with van der Waals surface area (Å²) in [7, 11) is 0. The Kier molecular flexibility index (Phi) is 0.887. The summed E-state index contributed by atoms with van der Waals surface area (Å²) in [5.74, 6) is 0.343. The molecule has 0 aromatic carbocycles. The molecular formula is C6H5N3O. The third-order valence-electron chi connectivity index (χ3n) is 1.26. The Morgan fingerprint density at radius 1 is 1.50 bits per heavy atom. The third-order valence-corrected chi connectivity index (χ3v) is 1.26. The predicted molar refractivity (Wildman–Crippen MR) is 36.2 cm³/mol. The topological polar surface area (TPSA) is 64.9 Å². The Balaban J connectivity index is 2.93. The fraction of sp³-hybridized carbons (Fsp3) is 0. The summed E-state index contributed by atoms with van der Waals surface area (Å²) in [6, 6.07) is 3.54. The van der Waals surface area contributed by atoms with Crippen molar-refractivity contribution >= 4 is 16.9 Å². The maximum Gasteiger partial charge on any atom is 0.193 e. The first kappa shape index (κ1) is 5.22. The van der Waals surface area contributed by atoms with E-state index >= 15 is 0 Å². The lowest BCUT2D eigenvalue weighted by molar-refractivity contribution is 0.460. The summed E-state index contributed by atoms with van der Waals surface area (Å²) < 4.78 is 4.81. The Bertz CT molecular complexity index is 355. The molecule has 4 nitrogen and oxygen atoms in total. The fourth-order valence-electron chi connectivity index (χ4n) is 0.798. The number of pyridine rings is 1. The van der Waals surface area contributed by atoms with Crippen LogP contribution >= 0.6 is 0 Å². The Hall–Kier alpha value is -1.58. The summed E-state index contributed by atoms with van der Waals surface area (Å²) in [5.41, 5.74) is 6.66. The Morgan fingerprint density at radius 3 is 3.20 bits per heavy atom. The first-order valence-corrected chi connectivity index (χ1v) is 2.84. The van der Waals surface area contributed by atoms with E-state index in [2.05, 4.69) is 10.1 Å². The van der Waals surface area contributed by atoms with Gasteiger partial charge in [-0.1, -0.05) is 5.16 Å². The largest absolute Gasteiger partial charge is 0.379 e. The molecule has 0 amide bonds. The normalized spacial score (nSPS) is 10.4. The van der Waals surface area contributed by atoms with Crippen LogP contribution in [0.2, 0.25) is 0 Å². The molecule has 0 aliphatic rings. The van der Waals surface area contributed by atoms with Crippen molar-refractivity contribution in [3.05, 3.63) is 18.3 Å². The molecule has 0 spiro atoms. The molecule has 2 aromatic heterocycles. The minimum atomic E-state index is 0.343. The highest BCUT2D eigenvalue weighted by atomic mass is 16.5. The van der Waals surface area contributed by atoms with Crippen molar-refractivity contribution in [1.82, 2.24) is 10.1 Å². The van der Waals surface area contributed by atoms with Crippen LogP contribution in [-0.2, 0) is 0 Å². The number of hydrogen-bond donors (Lipinski definition) is 1. The van der Waals surface area contributed by atoms with E-state index in [4.69, 9.17) is 10.3 Å². The van der Waals surface area contributed by atoms with Gasteiger partial charge in [0.15, 0.2) is 16.9 Å². The van der Waals surface area contributed by atoms with Crippen LogP contribution in [0.3, 0.4) is 0 Å². The molecule has 0 aliphatic heterocycles. The fourth-order valence-corrected chi connectivity index (χ4v) is 0.798. The maximum atomic E-state index is 5.41. The number of rotatable bonds is 0. The van der Waals surface area contributed by atoms with Crippen LogP contribution in [0.1, 0.15) is 0 Å². The number of hydrogen-bond acceptors (Lipinski definition) is 4.